The summed E-state index contributed by atoms with van der Waals surface area (Å²) in [6, 6.07) is 8.30. The Bertz CT molecular complexity index is 621. The highest BCUT2D eigenvalue weighted by Gasteiger charge is 2.13. The van der Waals surface area contributed by atoms with Crippen molar-refractivity contribution in [3.8, 4) is 5.75 Å². The fourth-order valence-corrected chi connectivity index (χ4v) is 4.00. The summed E-state index contributed by atoms with van der Waals surface area (Å²) in [7, 11) is 0. The van der Waals surface area contributed by atoms with Crippen LogP contribution in [-0.4, -0.2) is 29.4 Å². The molecule has 5 N–H and O–H groups in total. The molecule has 7 heteroatoms. The van der Waals surface area contributed by atoms with Gasteiger partial charge in [-0.3, -0.25) is 0 Å². The summed E-state index contributed by atoms with van der Waals surface area (Å²) in [5, 5.41) is 10.8. The first-order valence-electron chi connectivity index (χ1n) is 11.0. The van der Waals surface area contributed by atoms with E-state index in [0.717, 1.165) is 36.1 Å². The molecule has 1 aromatic rings. The Kier molecular flexibility index (Phi) is 11.8. The lowest BCUT2D eigenvalue weighted by molar-refractivity contribution is 0.304. The Morgan fingerprint density at radius 2 is 1.72 bits per heavy atom. The van der Waals surface area contributed by atoms with Gasteiger partial charge in [0, 0.05) is 24.3 Å². The van der Waals surface area contributed by atoms with Gasteiger partial charge in [-0.25, -0.2) is 0 Å². The van der Waals surface area contributed by atoms with Gasteiger partial charge in [0.15, 0.2) is 10.2 Å². The minimum Gasteiger partial charge on any atom is -0.494 e. The van der Waals surface area contributed by atoms with E-state index in [4.69, 9.17) is 34.9 Å². The van der Waals surface area contributed by atoms with E-state index in [2.05, 4.69) is 16.0 Å². The van der Waals surface area contributed by atoms with Crippen LogP contribution in [0.5, 0.6) is 5.75 Å². The molecule has 2 rings (SSSR count). The maximum atomic E-state index is 5.81. The Labute approximate surface area is 186 Å². The van der Waals surface area contributed by atoms with Crippen molar-refractivity contribution >= 4 is 40.3 Å². The topological polar surface area (TPSA) is 71.3 Å². The molecule has 0 amide bonds. The van der Waals surface area contributed by atoms with Crippen LogP contribution in [0.1, 0.15) is 70.6 Å². The van der Waals surface area contributed by atoms with Crippen LogP contribution in [0.3, 0.4) is 0 Å². The number of rotatable bonds is 12. The fourth-order valence-electron chi connectivity index (χ4n) is 3.62. The minimum atomic E-state index is 0.264. The Morgan fingerprint density at radius 3 is 2.48 bits per heavy atom. The highest BCUT2D eigenvalue weighted by molar-refractivity contribution is 7.80. The first-order chi connectivity index (χ1) is 14.1. The molecule has 0 spiro atoms. The normalized spacial score (nSPS) is 14.2. The van der Waals surface area contributed by atoms with Crippen LogP contribution in [0.15, 0.2) is 24.3 Å². The number of hydrogen-bond acceptors (Lipinski definition) is 3. The standard InChI is InChI=1S/C22H36N4OS2/c23-21(28)25-19-13-10-14-20(17-19)27-16-9-4-2-1-3-8-15-24-22(29)26-18-11-6-5-7-12-18/h10,13-14,17-18H,1-9,11-12,15-16H2,(H3,23,25,28)(H2,24,26,29). The summed E-state index contributed by atoms with van der Waals surface area (Å²) in [6.45, 7) is 1.71. The molecule has 1 saturated carbocycles. The zero-order valence-electron chi connectivity index (χ0n) is 17.4. The van der Waals surface area contributed by atoms with E-state index < -0.39 is 0 Å². The molecule has 0 aliphatic heterocycles. The number of nitrogens with two attached hydrogens (primary N) is 1. The number of hydrogen-bond donors (Lipinski definition) is 4. The van der Waals surface area contributed by atoms with Gasteiger partial charge in [0.25, 0.3) is 0 Å². The molecule has 1 aliphatic carbocycles. The van der Waals surface area contributed by atoms with E-state index in [-0.39, 0.29) is 5.11 Å². The summed E-state index contributed by atoms with van der Waals surface area (Å²) in [4.78, 5) is 0. The number of unbranched alkanes of at least 4 members (excludes halogenated alkanes) is 5. The second-order valence-corrected chi connectivity index (χ2v) is 8.57. The third-order valence-electron chi connectivity index (χ3n) is 5.17. The molecule has 1 aliphatic rings. The van der Waals surface area contributed by atoms with Gasteiger partial charge >= 0.3 is 0 Å². The maximum Gasteiger partial charge on any atom is 0.168 e. The molecular weight excluding hydrogens is 400 g/mol. The van der Waals surface area contributed by atoms with Crippen LogP contribution in [0.2, 0.25) is 0 Å². The van der Waals surface area contributed by atoms with Crippen molar-refractivity contribution < 1.29 is 4.74 Å². The van der Waals surface area contributed by atoms with E-state index in [9.17, 15) is 0 Å². The molecule has 1 aromatic carbocycles. The van der Waals surface area contributed by atoms with E-state index in [1.165, 1.54) is 64.2 Å². The number of benzene rings is 1. The molecule has 0 unspecified atom stereocenters. The smallest absolute Gasteiger partial charge is 0.168 e. The lowest BCUT2D eigenvalue weighted by atomic mass is 9.96. The van der Waals surface area contributed by atoms with Crippen molar-refractivity contribution in [3.63, 3.8) is 0 Å². The number of nitrogens with one attached hydrogen (secondary N) is 3. The van der Waals surface area contributed by atoms with Gasteiger partial charge in [0.05, 0.1) is 6.61 Å². The number of anilines is 1. The Balaban J connectivity index is 1.40. The Hall–Kier alpha value is -1.60. The molecule has 0 radical (unpaired) electrons. The zero-order chi connectivity index (χ0) is 20.7. The van der Waals surface area contributed by atoms with Crippen LogP contribution < -0.4 is 26.4 Å². The monoisotopic (exact) mass is 436 g/mol. The number of thiocarbonyl (C=S) groups is 2. The SMILES string of the molecule is NC(=S)Nc1cccc(OCCCCCCCCNC(=S)NC2CCCCC2)c1. The average molecular weight is 437 g/mol. The third-order valence-corrected chi connectivity index (χ3v) is 5.53. The van der Waals surface area contributed by atoms with Crippen molar-refractivity contribution in [2.75, 3.05) is 18.5 Å². The average Bonchev–Trinajstić information content (AvgIpc) is 2.70. The summed E-state index contributed by atoms with van der Waals surface area (Å²) < 4.78 is 5.81. The van der Waals surface area contributed by atoms with Gasteiger partial charge in [-0.2, -0.15) is 0 Å². The van der Waals surface area contributed by atoms with E-state index >= 15 is 0 Å². The van der Waals surface area contributed by atoms with Crippen LogP contribution in [0.25, 0.3) is 0 Å². The molecule has 1 fully saturated rings. The quantitative estimate of drug-likeness (QED) is 0.275. The van der Waals surface area contributed by atoms with E-state index in [1.807, 2.05) is 24.3 Å². The van der Waals surface area contributed by atoms with E-state index in [0.29, 0.717) is 6.04 Å². The lowest BCUT2D eigenvalue weighted by Gasteiger charge is -2.24. The van der Waals surface area contributed by atoms with Crippen molar-refractivity contribution in [3.05, 3.63) is 24.3 Å². The third kappa shape index (κ3) is 11.2. The van der Waals surface area contributed by atoms with Crippen LogP contribution in [0, 0.1) is 0 Å². The summed E-state index contributed by atoms with van der Waals surface area (Å²) >= 11 is 10.3. The first-order valence-corrected chi connectivity index (χ1v) is 11.8. The number of ether oxygens (including phenoxy) is 1. The van der Waals surface area contributed by atoms with Crippen molar-refractivity contribution in [2.24, 2.45) is 5.73 Å². The highest BCUT2D eigenvalue weighted by atomic mass is 32.1. The van der Waals surface area contributed by atoms with Crippen LogP contribution >= 0.6 is 24.4 Å². The fraction of sp³-hybridized carbons (Fsp3) is 0.636. The predicted molar refractivity (Wildman–Crippen MR) is 131 cm³/mol. The van der Waals surface area contributed by atoms with Crippen LogP contribution in [-0.2, 0) is 0 Å². The van der Waals surface area contributed by atoms with E-state index in [1.54, 1.807) is 0 Å². The zero-order valence-corrected chi connectivity index (χ0v) is 19.0. The minimum absolute atomic E-state index is 0.264. The van der Waals surface area contributed by atoms with Crippen molar-refractivity contribution in [2.45, 2.75) is 76.7 Å². The summed E-state index contributed by atoms with van der Waals surface area (Å²) in [5.41, 5.74) is 6.35. The van der Waals surface area contributed by atoms with Gasteiger partial charge in [-0.1, -0.05) is 51.0 Å². The molecular formula is C22H36N4OS2. The second kappa shape index (κ2) is 14.4. The molecule has 5 nitrogen and oxygen atoms in total. The van der Waals surface area contributed by atoms with Crippen LogP contribution in [0.4, 0.5) is 5.69 Å². The highest BCUT2D eigenvalue weighted by Crippen LogP contribution is 2.18. The molecule has 0 heterocycles. The summed E-state index contributed by atoms with van der Waals surface area (Å²) in [5.74, 6) is 0.843. The van der Waals surface area contributed by atoms with Gasteiger partial charge in [0.2, 0.25) is 0 Å². The molecule has 0 bridgehead atoms. The maximum absolute atomic E-state index is 5.81. The van der Waals surface area contributed by atoms with Crippen molar-refractivity contribution in [1.82, 2.24) is 10.6 Å². The molecule has 29 heavy (non-hydrogen) atoms. The first kappa shape index (κ1) is 23.7. The second-order valence-electron chi connectivity index (χ2n) is 7.72. The van der Waals surface area contributed by atoms with Gasteiger partial charge in [0.1, 0.15) is 5.75 Å². The molecule has 0 aromatic heterocycles. The predicted octanol–water partition coefficient (Wildman–Crippen LogP) is 4.86. The van der Waals surface area contributed by atoms with Crippen molar-refractivity contribution in [1.29, 1.82) is 0 Å². The Morgan fingerprint density at radius 1 is 1.00 bits per heavy atom. The molecule has 162 valence electrons. The van der Waals surface area contributed by atoms with Gasteiger partial charge in [-0.15, -0.1) is 0 Å². The molecule has 0 atom stereocenters. The summed E-state index contributed by atoms with van der Waals surface area (Å²) in [6.07, 6.45) is 13.7. The largest absolute Gasteiger partial charge is 0.494 e. The molecule has 0 saturated heterocycles. The van der Waals surface area contributed by atoms with Gasteiger partial charge in [-0.05, 0) is 62.3 Å². The lowest BCUT2D eigenvalue weighted by Crippen LogP contribution is -2.42. The van der Waals surface area contributed by atoms with Gasteiger partial charge < -0.3 is 26.4 Å².